The van der Waals surface area contributed by atoms with Gasteiger partial charge in [0.25, 0.3) is 0 Å². The Morgan fingerprint density at radius 1 is 1.47 bits per heavy atom. The molecule has 0 amide bonds. The number of benzene rings is 1. The number of rotatable bonds is 3. The van der Waals surface area contributed by atoms with Crippen molar-refractivity contribution in [2.75, 3.05) is 25.5 Å². The molecule has 2 rings (SSSR count). The fourth-order valence-electron chi connectivity index (χ4n) is 2.31. The smallest absolute Gasteiger partial charge is 0.245 e. The first-order valence-corrected chi connectivity index (χ1v) is 7.86. The Morgan fingerprint density at radius 2 is 2.21 bits per heavy atom. The van der Waals surface area contributed by atoms with Gasteiger partial charge in [0, 0.05) is 12.6 Å². The molecule has 0 radical (unpaired) electrons. The molecule has 0 bridgehead atoms. The van der Waals surface area contributed by atoms with E-state index in [1.165, 1.54) is 4.31 Å². The van der Waals surface area contributed by atoms with Gasteiger partial charge in [-0.25, -0.2) is 8.42 Å². The Labute approximate surface area is 114 Å². The van der Waals surface area contributed by atoms with Crippen molar-refractivity contribution < 1.29 is 13.2 Å². The van der Waals surface area contributed by atoms with Crippen LogP contribution in [0.4, 0.5) is 5.69 Å². The maximum Gasteiger partial charge on any atom is 0.245 e. The van der Waals surface area contributed by atoms with Crippen LogP contribution in [0.1, 0.15) is 18.9 Å². The van der Waals surface area contributed by atoms with E-state index in [1.807, 2.05) is 13.8 Å². The van der Waals surface area contributed by atoms with E-state index in [4.69, 9.17) is 10.5 Å². The first kappa shape index (κ1) is 14.3. The second kappa shape index (κ2) is 5.48. The largest absolute Gasteiger partial charge is 0.398 e. The predicted octanol–water partition coefficient (Wildman–Crippen LogP) is 1.38. The fourth-order valence-corrected chi connectivity index (χ4v) is 4.07. The van der Waals surface area contributed by atoms with Gasteiger partial charge in [0.2, 0.25) is 10.0 Å². The summed E-state index contributed by atoms with van der Waals surface area (Å²) in [6, 6.07) is 4.93. The van der Waals surface area contributed by atoms with Crippen molar-refractivity contribution in [2.24, 2.45) is 0 Å². The Hall–Kier alpha value is -1.11. The fraction of sp³-hybridized carbons (Fsp3) is 0.538. The summed E-state index contributed by atoms with van der Waals surface area (Å²) in [5, 5.41) is 0. The number of nitrogen functional groups attached to an aromatic ring is 1. The number of nitrogens with zero attached hydrogens (tertiary/aromatic N) is 1. The van der Waals surface area contributed by atoms with Crippen molar-refractivity contribution in [2.45, 2.75) is 31.2 Å². The van der Waals surface area contributed by atoms with Crippen LogP contribution >= 0.6 is 0 Å². The van der Waals surface area contributed by atoms with Crippen molar-refractivity contribution in [3.63, 3.8) is 0 Å². The van der Waals surface area contributed by atoms with E-state index < -0.39 is 10.0 Å². The summed E-state index contributed by atoms with van der Waals surface area (Å²) < 4.78 is 32.2. The van der Waals surface area contributed by atoms with Crippen LogP contribution in [0.2, 0.25) is 0 Å². The molecule has 5 nitrogen and oxygen atoms in total. The first-order chi connectivity index (χ1) is 8.96. The first-order valence-electron chi connectivity index (χ1n) is 6.42. The molecule has 1 aliphatic rings. The summed E-state index contributed by atoms with van der Waals surface area (Å²) in [6.45, 7) is 5.11. The highest BCUT2D eigenvalue weighted by Crippen LogP contribution is 2.26. The highest BCUT2D eigenvalue weighted by atomic mass is 32.2. The van der Waals surface area contributed by atoms with Crippen molar-refractivity contribution in [1.82, 2.24) is 4.31 Å². The van der Waals surface area contributed by atoms with E-state index in [9.17, 15) is 8.42 Å². The highest BCUT2D eigenvalue weighted by Gasteiger charge is 2.34. The monoisotopic (exact) mass is 284 g/mol. The lowest BCUT2D eigenvalue weighted by molar-refractivity contribution is 0.0314. The maximum absolute atomic E-state index is 12.7. The van der Waals surface area contributed by atoms with E-state index in [1.54, 1.807) is 18.2 Å². The lowest BCUT2D eigenvalue weighted by atomic mass is 10.2. The third-order valence-electron chi connectivity index (χ3n) is 3.40. The molecule has 0 saturated carbocycles. The SMILES string of the molecule is CCC1COCCN1S(=O)(=O)c1ccc(C)cc1N. The highest BCUT2D eigenvalue weighted by molar-refractivity contribution is 7.89. The van der Waals surface area contributed by atoms with Crippen LogP contribution in [-0.4, -0.2) is 38.5 Å². The van der Waals surface area contributed by atoms with Gasteiger partial charge in [-0.3, -0.25) is 0 Å². The minimum atomic E-state index is -3.54. The van der Waals surface area contributed by atoms with Crippen LogP contribution in [0.5, 0.6) is 0 Å². The third kappa shape index (κ3) is 2.75. The molecule has 1 saturated heterocycles. The normalized spacial score (nSPS) is 21.5. The molecule has 1 fully saturated rings. The van der Waals surface area contributed by atoms with E-state index >= 15 is 0 Å². The van der Waals surface area contributed by atoms with Crippen LogP contribution in [0, 0.1) is 6.92 Å². The van der Waals surface area contributed by atoms with Crippen molar-refractivity contribution in [1.29, 1.82) is 0 Å². The maximum atomic E-state index is 12.7. The zero-order chi connectivity index (χ0) is 14.0. The Balaban J connectivity index is 2.40. The van der Waals surface area contributed by atoms with Gasteiger partial charge in [0.15, 0.2) is 0 Å². The summed E-state index contributed by atoms with van der Waals surface area (Å²) in [6.07, 6.45) is 0.727. The van der Waals surface area contributed by atoms with E-state index in [0.29, 0.717) is 25.4 Å². The van der Waals surface area contributed by atoms with Gasteiger partial charge < -0.3 is 10.5 Å². The molecule has 1 aromatic carbocycles. The molecule has 1 atom stereocenters. The number of anilines is 1. The van der Waals surface area contributed by atoms with Gasteiger partial charge in [-0.15, -0.1) is 0 Å². The minimum Gasteiger partial charge on any atom is -0.398 e. The number of ether oxygens (including phenoxy) is 1. The number of aryl methyl sites for hydroxylation is 1. The van der Waals surface area contributed by atoms with Gasteiger partial charge >= 0.3 is 0 Å². The molecule has 1 aromatic rings. The lowest BCUT2D eigenvalue weighted by Crippen LogP contribution is -2.48. The molecule has 106 valence electrons. The molecule has 0 spiro atoms. The molecule has 0 aromatic heterocycles. The summed E-state index contributed by atoms with van der Waals surface area (Å²) in [5.74, 6) is 0. The average Bonchev–Trinajstić information content (AvgIpc) is 2.38. The molecule has 6 heteroatoms. The van der Waals surface area contributed by atoms with Crippen LogP contribution < -0.4 is 5.73 Å². The van der Waals surface area contributed by atoms with Gasteiger partial charge in [-0.05, 0) is 31.0 Å². The summed E-state index contributed by atoms with van der Waals surface area (Å²) in [5.41, 5.74) is 7.12. The topological polar surface area (TPSA) is 72.6 Å². The summed E-state index contributed by atoms with van der Waals surface area (Å²) in [7, 11) is -3.54. The number of hydrogen-bond acceptors (Lipinski definition) is 4. The minimum absolute atomic E-state index is 0.112. The molecule has 1 heterocycles. The van der Waals surface area contributed by atoms with Gasteiger partial charge in [0.1, 0.15) is 4.90 Å². The molecular formula is C13H20N2O3S. The Bertz CT molecular complexity index is 557. The van der Waals surface area contributed by atoms with Crippen LogP contribution in [0.15, 0.2) is 23.1 Å². The summed E-state index contributed by atoms with van der Waals surface area (Å²) >= 11 is 0. The number of morpholine rings is 1. The molecule has 1 aliphatic heterocycles. The van der Waals surface area contributed by atoms with Gasteiger partial charge in [0.05, 0.1) is 18.9 Å². The molecule has 19 heavy (non-hydrogen) atoms. The van der Waals surface area contributed by atoms with Crippen LogP contribution in [-0.2, 0) is 14.8 Å². The molecule has 0 aliphatic carbocycles. The standard InChI is InChI=1S/C13H20N2O3S/c1-3-11-9-18-7-6-15(11)19(16,17)13-5-4-10(2)8-12(13)14/h4-5,8,11H,3,6-7,9,14H2,1-2H3. The second-order valence-electron chi connectivity index (χ2n) is 4.79. The van der Waals surface area contributed by atoms with Crippen LogP contribution in [0.3, 0.4) is 0 Å². The van der Waals surface area contributed by atoms with Crippen molar-refractivity contribution in [3.05, 3.63) is 23.8 Å². The van der Waals surface area contributed by atoms with E-state index in [2.05, 4.69) is 0 Å². The van der Waals surface area contributed by atoms with Crippen molar-refractivity contribution in [3.8, 4) is 0 Å². The van der Waals surface area contributed by atoms with Gasteiger partial charge in [-0.2, -0.15) is 4.31 Å². The molecule has 2 N–H and O–H groups in total. The van der Waals surface area contributed by atoms with Crippen LogP contribution in [0.25, 0.3) is 0 Å². The Morgan fingerprint density at radius 3 is 2.84 bits per heavy atom. The third-order valence-corrected chi connectivity index (χ3v) is 5.42. The zero-order valence-corrected chi connectivity index (χ0v) is 12.1. The number of sulfonamides is 1. The average molecular weight is 284 g/mol. The van der Waals surface area contributed by atoms with E-state index in [-0.39, 0.29) is 10.9 Å². The lowest BCUT2D eigenvalue weighted by Gasteiger charge is -2.34. The quantitative estimate of drug-likeness (QED) is 0.851. The number of nitrogens with two attached hydrogens (primary N) is 1. The molecular weight excluding hydrogens is 264 g/mol. The Kier molecular flexibility index (Phi) is 4.13. The van der Waals surface area contributed by atoms with E-state index in [0.717, 1.165) is 12.0 Å². The second-order valence-corrected chi connectivity index (χ2v) is 6.65. The molecule has 1 unspecified atom stereocenters. The number of hydrogen-bond donors (Lipinski definition) is 1. The predicted molar refractivity (Wildman–Crippen MR) is 74.4 cm³/mol. The van der Waals surface area contributed by atoms with Crippen molar-refractivity contribution >= 4 is 15.7 Å². The summed E-state index contributed by atoms with van der Waals surface area (Å²) in [4.78, 5) is 0.193. The zero-order valence-electron chi connectivity index (χ0n) is 11.3. The van der Waals surface area contributed by atoms with Gasteiger partial charge in [-0.1, -0.05) is 13.0 Å².